The maximum absolute atomic E-state index is 6.07. The van der Waals surface area contributed by atoms with Gasteiger partial charge in [-0.05, 0) is 36.8 Å². The second-order valence-electron chi connectivity index (χ2n) is 4.69. The van der Waals surface area contributed by atoms with Crippen molar-refractivity contribution < 1.29 is 4.74 Å². The number of benzene rings is 1. The van der Waals surface area contributed by atoms with Crippen molar-refractivity contribution in [1.82, 2.24) is 10.2 Å². The lowest BCUT2D eigenvalue weighted by molar-refractivity contribution is 0.447. The predicted molar refractivity (Wildman–Crippen MR) is 75.3 cm³/mol. The minimum absolute atomic E-state index is 0.254. The van der Waals surface area contributed by atoms with Gasteiger partial charge in [-0.15, -0.1) is 10.2 Å². The zero-order valence-electron chi connectivity index (χ0n) is 10.4. The zero-order chi connectivity index (χ0) is 13.4. The minimum Gasteiger partial charge on any atom is -0.436 e. The van der Waals surface area contributed by atoms with Gasteiger partial charge in [0.1, 0.15) is 10.8 Å². The van der Waals surface area contributed by atoms with E-state index in [0.717, 1.165) is 11.3 Å². The Morgan fingerprint density at radius 2 is 2.00 bits per heavy atom. The molecule has 1 saturated carbocycles. The van der Waals surface area contributed by atoms with Crippen LogP contribution >= 0.6 is 23.2 Å². The van der Waals surface area contributed by atoms with Gasteiger partial charge in [-0.1, -0.05) is 41.4 Å². The van der Waals surface area contributed by atoms with Gasteiger partial charge in [0.25, 0.3) is 5.88 Å². The van der Waals surface area contributed by atoms with Crippen LogP contribution in [0.25, 0.3) is 0 Å². The van der Waals surface area contributed by atoms with E-state index >= 15 is 0 Å². The number of halogens is 2. The molecule has 1 fully saturated rings. The second-order valence-corrected chi connectivity index (χ2v) is 5.48. The smallest absolute Gasteiger partial charge is 0.257 e. The minimum atomic E-state index is 0.254. The molecular weight excluding hydrogens is 283 g/mol. The first-order valence-corrected chi connectivity index (χ1v) is 6.87. The van der Waals surface area contributed by atoms with E-state index in [1.807, 2.05) is 19.1 Å². The molecule has 0 N–H and O–H groups in total. The first-order valence-electron chi connectivity index (χ1n) is 6.11. The van der Waals surface area contributed by atoms with Gasteiger partial charge in [0, 0.05) is 6.07 Å². The first-order chi connectivity index (χ1) is 9.15. The Labute approximate surface area is 121 Å². The third-order valence-corrected chi connectivity index (χ3v) is 3.60. The summed E-state index contributed by atoms with van der Waals surface area (Å²) in [5.41, 5.74) is 2.28. The molecule has 0 amide bonds. The molecule has 0 aliphatic heterocycles. The number of hydrogen-bond acceptors (Lipinski definition) is 3. The molecule has 1 aliphatic rings. The summed E-state index contributed by atoms with van der Waals surface area (Å²) in [6, 6.07) is 7.68. The highest BCUT2D eigenvalue weighted by Gasteiger charge is 2.28. The van der Waals surface area contributed by atoms with Crippen molar-refractivity contribution in [3.63, 3.8) is 0 Å². The molecule has 0 unspecified atom stereocenters. The molecule has 5 heteroatoms. The van der Waals surface area contributed by atoms with Crippen LogP contribution in [0.5, 0.6) is 11.6 Å². The molecule has 1 aliphatic carbocycles. The highest BCUT2D eigenvalue weighted by Crippen LogP contribution is 2.46. The van der Waals surface area contributed by atoms with Crippen LogP contribution in [0.4, 0.5) is 0 Å². The second kappa shape index (κ2) is 4.99. The maximum atomic E-state index is 6.07. The van der Waals surface area contributed by atoms with Gasteiger partial charge < -0.3 is 4.74 Å². The molecule has 0 radical (unpaired) electrons. The van der Waals surface area contributed by atoms with E-state index in [1.54, 1.807) is 0 Å². The Morgan fingerprint density at radius 3 is 2.68 bits per heavy atom. The largest absolute Gasteiger partial charge is 0.436 e. The molecule has 1 heterocycles. The maximum Gasteiger partial charge on any atom is 0.257 e. The fraction of sp³-hybridized carbons (Fsp3) is 0.286. The number of aromatic nitrogens is 2. The van der Waals surface area contributed by atoms with Gasteiger partial charge in [0.05, 0.1) is 0 Å². The number of nitrogens with zero attached hydrogens (tertiary/aromatic N) is 2. The lowest BCUT2D eigenvalue weighted by Gasteiger charge is -2.13. The number of aryl methyl sites for hydroxylation is 1. The van der Waals surface area contributed by atoms with Crippen molar-refractivity contribution >= 4 is 23.2 Å². The monoisotopic (exact) mass is 294 g/mol. The quantitative estimate of drug-likeness (QED) is 0.818. The van der Waals surface area contributed by atoms with E-state index < -0.39 is 0 Å². The molecule has 0 saturated heterocycles. The Bertz CT molecular complexity index is 627. The Balaban J connectivity index is 1.98. The summed E-state index contributed by atoms with van der Waals surface area (Å²) in [4.78, 5) is 0. The van der Waals surface area contributed by atoms with Crippen molar-refractivity contribution in [2.24, 2.45) is 0 Å². The fourth-order valence-corrected chi connectivity index (χ4v) is 2.41. The summed E-state index contributed by atoms with van der Waals surface area (Å²) >= 11 is 11.8. The number of para-hydroxylation sites is 1. The molecule has 98 valence electrons. The standard InChI is InChI=1S/C14H12Cl2N2O/c1-8-3-2-4-10(9-5-6-9)13(8)19-14-11(15)7-12(16)17-18-14/h2-4,7,9H,5-6H2,1H3. The van der Waals surface area contributed by atoms with Gasteiger partial charge in [0.15, 0.2) is 5.15 Å². The van der Waals surface area contributed by atoms with Crippen LogP contribution in [0.3, 0.4) is 0 Å². The van der Waals surface area contributed by atoms with E-state index in [9.17, 15) is 0 Å². The molecule has 0 bridgehead atoms. The molecular formula is C14H12Cl2N2O. The molecule has 0 atom stereocenters. The molecule has 1 aromatic heterocycles. The van der Waals surface area contributed by atoms with Gasteiger partial charge in [0.2, 0.25) is 0 Å². The number of ether oxygens (including phenoxy) is 1. The van der Waals surface area contributed by atoms with Gasteiger partial charge >= 0.3 is 0 Å². The molecule has 3 rings (SSSR count). The van der Waals surface area contributed by atoms with Crippen molar-refractivity contribution in [2.75, 3.05) is 0 Å². The molecule has 1 aromatic carbocycles. The Hall–Kier alpha value is -1.32. The molecule has 2 aromatic rings. The first kappa shape index (κ1) is 12.7. The van der Waals surface area contributed by atoms with Crippen LogP contribution in [0.2, 0.25) is 10.2 Å². The van der Waals surface area contributed by atoms with Crippen molar-refractivity contribution in [1.29, 1.82) is 0 Å². The molecule has 19 heavy (non-hydrogen) atoms. The van der Waals surface area contributed by atoms with Crippen LogP contribution in [0.1, 0.15) is 29.9 Å². The lowest BCUT2D eigenvalue weighted by atomic mass is 10.1. The average molecular weight is 295 g/mol. The summed E-state index contributed by atoms with van der Waals surface area (Å²) in [6.45, 7) is 2.01. The highest BCUT2D eigenvalue weighted by atomic mass is 35.5. The van der Waals surface area contributed by atoms with Crippen LogP contribution in [-0.2, 0) is 0 Å². The van der Waals surface area contributed by atoms with E-state index in [1.165, 1.54) is 24.5 Å². The van der Waals surface area contributed by atoms with E-state index in [4.69, 9.17) is 27.9 Å². The predicted octanol–water partition coefficient (Wildman–Crippen LogP) is 4.76. The van der Waals surface area contributed by atoms with E-state index in [0.29, 0.717) is 16.8 Å². The van der Waals surface area contributed by atoms with Crippen LogP contribution in [0.15, 0.2) is 24.3 Å². The fourth-order valence-electron chi connectivity index (χ4n) is 2.03. The zero-order valence-corrected chi connectivity index (χ0v) is 11.9. The van der Waals surface area contributed by atoms with Gasteiger partial charge in [-0.2, -0.15) is 0 Å². The average Bonchev–Trinajstić information content (AvgIpc) is 3.19. The number of hydrogen-bond donors (Lipinski definition) is 0. The van der Waals surface area contributed by atoms with Gasteiger partial charge in [-0.25, -0.2) is 0 Å². The third-order valence-electron chi connectivity index (χ3n) is 3.14. The van der Waals surface area contributed by atoms with Crippen molar-refractivity contribution in [3.05, 3.63) is 45.6 Å². The van der Waals surface area contributed by atoms with Crippen LogP contribution in [0, 0.1) is 6.92 Å². The summed E-state index contributed by atoms with van der Waals surface area (Å²) in [6.07, 6.45) is 2.42. The van der Waals surface area contributed by atoms with Crippen molar-refractivity contribution in [3.8, 4) is 11.6 Å². The lowest BCUT2D eigenvalue weighted by Crippen LogP contribution is -1.97. The molecule has 0 spiro atoms. The summed E-state index contributed by atoms with van der Waals surface area (Å²) < 4.78 is 5.86. The number of rotatable bonds is 3. The summed E-state index contributed by atoms with van der Waals surface area (Å²) in [5, 5.41) is 8.28. The van der Waals surface area contributed by atoms with Gasteiger partial charge in [-0.3, -0.25) is 0 Å². The highest BCUT2D eigenvalue weighted by molar-refractivity contribution is 6.34. The molecule has 3 nitrogen and oxygen atoms in total. The van der Waals surface area contributed by atoms with E-state index in [-0.39, 0.29) is 5.15 Å². The van der Waals surface area contributed by atoms with Crippen LogP contribution in [-0.4, -0.2) is 10.2 Å². The SMILES string of the molecule is Cc1cccc(C2CC2)c1Oc1nnc(Cl)cc1Cl. The van der Waals surface area contributed by atoms with Crippen molar-refractivity contribution in [2.45, 2.75) is 25.7 Å². The Morgan fingerprint density at radius 1 is 1.21 bits per heavy atom. The Kier molecular flexibility index (Phi) is 3.33. The van der Waals surface area contributed by atoms with E-state index in [2.05, 4.69) is 16.3 Å². The third kappa shape index (κ3) is 2.67. The normalized spacial score (nSPS) is 14.5. The van der Waals surface area contributed by atoms with Crippen LogP contribution < -0.4 is 4.74 Å². The summed E-state index contributed by atoms with van der Waals surface area (Å²) in [7, 11) is 0. The summed E-state index contributed by atoms with van der Waals surface area (Å²) in [5.74, 6) is 1.72. The topological polar surface area (TPSA) is 35.0 Å².